The van der Waals surface area contributed by atoms with Gasteiger partial charge in [-0.2, -0.15) is 0 Å². The Labute approximate surface area is 205 Å². The molecular formula is C30H30N2O3. The molecule has 0 radical (unpaired) electrons. The summed E-state index contributed by atoms with van der Waals surface area (Å²) in [7, 11) is 0. The van der Waals surface area contributed by atoms with Gasteiger partial charge in [-0.15, -0.1) is 0 Å². The maximum absolute atomic E-state index is 14.2. The number of hydrogen-bond donors (Lipinski definition) is 1. The molecule has 0 unspecified atom stereocenters. The van der Waals surface area contributed by atoms with Crippen LogP contribution in [-0.2, 0) is 9.59 Å². The van der Waals surface area contributed by atoms with Gasteiger partial charge in [0.05, 0.1) is 23.7 Å². The van der Waals surface area contributed by atoms with Crippen molar-refractivity contribution in [1.82, 2.24) is 0 Å². The molecule has 2 aromatic carbocycles. The van der Waals surface area contributed by atoms with Crippen molar-refractivity contribution >= 4 is 23.1 Å². The molecule has 2 aliphatic carbocycles. The number of furan rings is 1. The quantitative estimate of drug-likeness (QED) is 0.463. The molecule has 1 saturated carbocycles. The van der Waals surface area contributed by atoms with E-state index in [1.807, 2.05) is 71.6 Å². The van der Waals surface area contributed by atoms with Gasteiger partial charge in [-0.3, -0.25) is 14.5 Å². The first-order chi connectivity index (χ1) is 17.2. The molecule has 35 heavy (non-hydrogen) atoms. The number of Topliss-reactive ketones (excluding diaryl/α,β-unsaturated/α-hetero) is 1. The van der Waals surface area contributed by atoms with Gasteiger partial charge in [0.25, 0.3) is 0 Å². The number of hydrogen-bond acceptors (Lipinski definition) is 4. The van der Waals surface area contributed by atoms with Crippen molar-refractivity contribution in [2.45, 2.75) is 56.9 Å². The van der Waals surface area contributed by atoms with Crippen molar-refractivity contribution in [3.63, 3.8) is 0 Å². The molecule has 2 atom stereocenters. The molecule has 0 spiro atoms. The van der Waals surface area contributed by atoms with Crippen LogP contribution in [-0.4, -0.2) is 11.7 Å². The third-order valence-electron chi connectivity index (χ3n) is 7.74. The number of rotatable bonds is 3. The van der Waals surface area contributed by atoms with Gasteiger partial charge in [-0.1, -0.05) is 61.7 Å². The predicted octanol–water partition coefficient (Wildman–Crippen LogP) is 6.76. The molecule has 0 bridgehead atoms. The van der Waals surface area contributed by atoms with Crippen molar-refractivity contribution < 1.29 is 14.0 Å². The SMILES string of the molecule is O=C1C[C@@H](c2ccco2)CC2=C1[C@H](c1ccccc1)N(C(=O)C1CCCCC1)c1ccccc1N2. The lowest BCUT2D eigenvalue weighted by Crippen LogP contribution is -2.42. The van der Waals surface area contributed by atoms with Crippen LogP contribution in [0.5, 0.6) is 0 Å². The van der Waals surface area contributed by atoms with Crippen molar-refractivity contribution in [3.05, 3.63) is 95.6 Å². The minimum atomic E-state index is -0.457. The first-order valence-electron chi connectivity index (χ1n) is 12.7. The summed E-state index contributed by atoms with van der Waals surface area (Å²) < 4.78 is 5.68. The van der Waals surface area contributed by atoms with E-state index in [1.165, 1.54) is 6.42 Å². The fourth-order valence-corrected chi connectivity index (χ4v) is 6.05. The Morgan fingerprint density at radius 2 is 1.66 bits per heavy atom. The van der Waals surface area contributed by atoms with Crippen molar-refractivity contribution in [2.75, 3.05) is 10.2 Å². The number of nitrogens with one attached hydrogen (secondary N) is 1. The number of allylic oxidation sites excluding steroid dienone is 1. The Kier molecular flexibility index (Phi) is 5.77. The number of nitrogens with zero attached hydrogens (tertiary/aromatic N) is 1. The Hall–Kier alpha value is -3.60. The fourth-order valence-electron chi connectivity index (χ4n) is 6.05. The molecule has 1 aromatic heterocycles. The van der Waals surface area contributed by atoms with E-state index in [0.717, 1.165) is 54.1 Å². The van der Waals surface area contributed by atoms with E-state index in [0.29, 0.717) is 18.4 Å². The molecule has 1 fully saturated rings. The molecule has 2 heterocycles. The molecule has 3 aromatic rings. The van der Waals surface area contributed by atoms with E-state index in [1.54, 1.807) is 6.26 Å². The van der Waals surface area contributed by atoms with Crippen molar-refractivity contribution in [3.8, 4) is 0 Å². The zero-order chi connectivity index (χ0) is 23.8. The van der Waals surface area contributed by atoms with Gasteiger partial charge in [0.1, 0.15) is 5.76 Å². The van der Waals surface area contributed by atoms with E-state index >= 15 is 0 Å². The van der Waals surface area contributed by atoms with Crippen LogP contribution in [0, 0.1) is 5.92 Å². The number of carbonyl (C=O) groups is 2. The molecule has 6 rings (SSSR count). The highest BCUT2D eigenvalue weighted by Gasteiger charge is 2.43. The number of fused-ring (bicyclic) bond motifs is 1. The van der Waals surface area contributed by atoms with E-state index in [9.17, 15) is 9.59 Å². The largest absolute Gasteiger partial charge is 0.469 e. The van der Waals surface area contributed by atoms with Crippen LogP contribution in [0.15, 0.2) is 88.7 Å². The van der Waals surface area contributed by atoms with Crippen molar-refractivity contribution in [1.29, 1.82) is 0 Å². The maximum Gasteiger partial charge on any atom is 0.231 e. The summed E-state index contributed by atoms with van der Waals surface area (Å²) in [5.74, 6) is 0.994. The first kappa shape index (κ1) is 21.9. The van der Waals surface area contributed by atoms with Crippen LogP contribution in [0.1, 0.15) is 68.2 Å². The lowest BCUT2D eigenvalue weighted by atomic mass is 9.79. The topological polar surface area (TPSA) is 62.6 Å². The van der Waals surface area contributed by atoms with Gasteiger partial charge in [-0.05, 0) is 49.1 Å². The van der Waals surface area contributed by atoms with Crippen molar-refractivity contribution in [2.24, 2.45) is 5.92 Å². The molecule has 1 aliphatic heterocycles. The van der Waals surface area contributed by atoms with E-state index in [-0.39, 0.29) is 23.5 Å². The summed E-state index contributed by atoms with van der Waals surface area (Å²) in [6.07, 6.45) is 7.87. The third kappa shape index (κ3) is 3.99. The average Bonchev–Trinajstić information content (AvgIpc) is 3.39. The summed E-state index contributed by atoms with van der Waals surface area (Å²) >= 11 is 0. The number of carbonyl (C=O) groups excluding carboxylic acids is 2. The third-order valence-corrected chi connectivity index (χ3v) is 7.74. The lowest BCUT2D eigenvalue weighted by Gasteiger charge is -2.37. The smallest absolute Gasteiger partial charge is 0.231 e. The minimum Gasteiger partial charge on any atom is -0.469 e. The molecule has 3 aliphatic rings. The Balaban J connectivity index is 1.53. The monoisotopic (exact) mass is 466 g/mol. The zero-order valence-corrected chi connectivity index (χ0v) is 19.8. The van der Waals surface area contributed by atoms with Gasteiger partial charge in [0.2, 0.25) is 5.91 Å². The lowest BCUT2D eigenvalue weighted by molar-refractivity contribution is -0.123. The highest BCUT2D eigenvalue weighted by Crippen LogP contribution is 2.48. The summed E-state index contributed by atoms with van der Waals surface area (Å²) in [4.78, 5) is 30.1. The molecule has 0 saturated heterocycles. The van der Waals surface area contributed by atoms with E-state index in [2.05, 4.69) is 5.32 Å². The van der Waals surface area contributed by atoms with Gasteiger partial charge in [0, 0.05) is 29.5 Å². The van der Waals surface area contributed by atoms with Crippen LogP contribution in [0.2, 0.25) is 0 Å². The molecular weight excluding hydrogens is 436 g/mol. The second-order valence-electron chi connectivity index (χ2n) is 9.93. The Bertz CT molecular complexity index is 1260. The number of para-hydroxylation sites is 2. The van der Waals surface area contributed by atoms with Gasteiger partial charge in [0.15, 0.2) is 5.78 Å². The van der Waals surface area contributed by atoms with Gasteiger partial charge in [-0.25, -0.2) is 0 Å². The van der Waals surface area contributed by atoms with Crippen LogP contribution in [0.3, 0.4) is 0 Å². The van der Waals surface area contributed by atoms with Gasteiger partial charge >= 0.3 is 0 Å². The van der Waals surface area contributed by atoms with E-state index in [4.69, 9.17) is 4.42 Å². The second-order valence-corrected chi connectivity index (χ2v) is 9.93. The highest BCUT2D eigenvalue weighted by molar-refractivity contribution is 6.07. The highest BCUT2D eigenvalue weighted by atomic mass is 16.3. The fraction of sp³-hybridized carbons (Fsp3) is 0.333. The second kappa shape index (κ2) is 9.21. The molecule has 1 N–H and O–H groups in total. The minimum absolute atomic E-state index is 0.0141. The number of anilines is 2. The normalized spacial score (nSPS) is 22.7. The average molecular weight is 467 g/mol. The van der Waals surface area contributed by atoms with Crippen LogP contribution >= 0.6 is 0 Å². The molecule has 178 valence electrons. The standard InChI is InChI=1S/C30H30N2O3/c33-26-19-22(27-16-9-17-35-27)18-24-28(26)29(20-10-3-1-4-11-20)32(25-15-8-7-14-23(25)31-24)30(34)21-12-5-2-6-13-21/h1,3-4,7-11,14-17,21-22,29,31H,2,5-6,12-13,18-19H2/t22-,29-/m0/s1. The summed E-state index contributed by atoms with van der Waals surface area (Å²) in [5, 5.41) is 3.59. The summed E-state index contributed by atoms with van der Waals surface area (Å²) in [5.41, 5.74) is 4.28. The predicted molar refractivity (Wildman–Crippen MR) is 136 cm³/mol. The van der Waals surface area contributed by atoms with Crippen LogP contribution < -0.4 is 10.2 Å². The Morgan fingerprint density at radius 1 is 0.886 bits per heavy atom. The molecule has 1 amide bonds. The first-order valence-corrected chi connectivity index (χ1v) is 12.7. The molecule has 5 heteroatoms. The summed E-state index contributed by atoms with van der Waals surface area (Å²) in [6.45, 7) is 0. The number of ketones is 1. The van der Waals surface area contributed by atoms with E-state index < -0.39 is 6.04 Å². The zero-order valence-electron chi connectivity index (χ0n) is 19.8. The van der Waals surface area contributed by atoms with Crippen LogP contribution in [0.25, 0.3) is 0 Å². The summed E-state index contributed by atoms with van der Waals surface area (Å²) in [6, 6.07) is 21.4. The van der Waals surface area contributed by atoms with Gasteiger partial charge < -0.3 is 9.73 Å². The number of benzene rings is 2. The Morgan fingerprint density at radius 3 is 2.43 bits per heavy atom. The number of amides is 1. The maximum atomic E-state index is 14.2. The van der Waals surface area contributed by atoms with Crippen LogP contribution in [0.4, 0.5) is 11.4 Å². The molecule has 5 nitrogen and oxygen atoms in total.